The van der Waals surface area contributed by atoms with E-state index in [1.165, 1.54) is 0 Å². The summed E-state index contributed by atoms with van der Waals surface area (Å²) in [6.07, 6.45) is 2.08. The molecule has 3 heterocycles. The number of ether oxygens (including phenoxy) is 1. The average Bonchev–Trinajstić information content (AvgIpc) is 2.94. The number of piperazine rings is 1. The minimum absolute atomic E-state index is 0.0970. The van der Waals surface area contributed by atoms with Gasteiger partial charge in [-0.1, -0.05) is 42.5 Å². The number of fused-ring (bicyclic) bond motifs is 1. The van der Waals surface area contributed by atoms with Crippen molar-refractivity contribution in [2.75, 3.05) is 26.2 Å². The fourth-order valence-electron chi connectivity index (χ4n) is 4.70. The number of amides is 1. The van der Waals surface area contributed by atoms with Crippen LogP contribution in [0.2, 0.25) is 0 Å². The van der Waals surface area contributed by atoms with Gasteiger partial charge in [-0.25, -0.2) is 4.98 Å². The predicted molar refractivity (Wildman–Crippen MR) is 142 cm³/mol. The molecule has 2 aromatic carbocycles. The molecule has 0 aliphatic carbocycles. The zero-order valence-electron chi connectivity index (χ0n) is 20.9. The van der Waals surface area contributed by atoms with Crippen LogP contribution in [0.5, 0.6) is 5.75 Å². The highest BCUT2D eigenvalue weighted by atomic mass is 16.5. The second-order valence-electron chi connectivity index (χ2n) is 9.23. The monoisotopic (exact) mass is 491 g/mol. The molecule has 0 bridgehead atoms. The highest BCUT2D eigenvalue weighted by molar-refractivity contribution is 5.79. The molecule has 1 aliphatic rings. The third kappa shape index (κ3) is 5.76. The lowest BCUT2D eigenvalue weighted by molar-refractivity contribution is -0.132. The van der Waals surface area contributed by atoms with Gasteiger partial charge in [0.15, 0.2) is 0 Å². The van der Waals surface area contributed by atoms with Gasteiger partial charge in [-0.05, 0) is 42.8 Å². The molecule has 7 nitrogen and oxygen atoms in total. The Morgan fingerprint density at radius 2 is 1.78 bits per heavy atom. The van der Waals surface area contributed by atoms with Crippen LogP contribution in [0.25, 0.3) is 10.9 Å². The summed E-state index contributed by atoms with van der Waals surface area (Å²) in [6.45, 7) is 4.85. The molecule has 37 heavy (non-hydrogen) atoms. The Bertz CT molecular complexity index is 1420. The van der Waals surface area contributed by atoms with E-state index in [-0.39, 0.29) is 11.9 Å². The van der Waals surface area contributed by atoms with Crippen molar-refractivity contribution in [3.63, 3.8) is 0 Å². The van der Waals surface area contributed by atoms with Crippen molar-refractivity contribution in [2.24, 2.45) is 0 Å². The number of para-hydroxylation sites is 1. The number of aromatic nitrogens is 2. The Kier molecular flexibility index (Phi) is 7.38. The topological polar surface area (TPSA) is 82.4 Å². The number of pyridine rings is 2. The average molecular weight is 492 g/mol. The lowest BCUT2D eigenvalue weighted by Crippen LogP contribution is -2.50. The number of aryl methyl sites for hydroxylation is 1. The van der Waals surface area contributed by atoms with Crippen LogP contribution in [-0.4, -0.2) is 51.9 Å². The predicted octanol–water partition coefficient (Wildman–Crippen LogP) is 4.47. The van der Waals surface area contributed by atoms with Gasteiger partial charge in [0.25, 0.3) is 0 Å². The van der Waals surface area contributed by atoms with Crippen LogP contribution in [0.4, 0.5) is 0 Å². The number of nitriles is 1. The summed E-state index contributed by atoms with van der Waals surface area (Å²) in [5.41, 5.74) is 4.57. The third-order valence-electron chi connectivity index (χ3n) is 6.82. The molecule has 7 heteroatoms. The van der Waals surface area contributed by atoms with E-state index in [0.29, 0.717) is 39.2 Å². The molecule has 0 spiro atoms. The van der Waals surface area contributed by atoms with Gasteiger partial charge in [-0.3, -0.25) is 14.7 Å². The van der Waals surface area contributed by atoms with Gasteiger partial charge in [0.1, 0.15) is 18.4 Å². The zero-order chi connectivity index (χ0) is 25.6. The van der Waals surface area contributed by atoms with Gasteiger partial charge in [-0.15, -0.1) is 0 Å². The Morgan fingerprint density at radius 3 is 2.54 bits per heavy atom. The van der Waals surface area contributed by atoms with Gasteiger partial charge in [0.2, 0.25) is 5.91 Å². The van der Waals surface area contributed by atoms with Crippen molar-refractivity contribution in [1.29, 1.82) is 5.26 Å². The smallest absolute Gasteiger partial charge is 0.227 e. The highest BCUT2D eigenvalue weighted by Crippen LogP contribution is 2.24. The SMILES string of the molecule is Cc1ncccc1C(C#N)N1CCN(C(=O)Cc2ccc(OCc3ccc4ccccc4n3)cc2)CC1. The normalized spacial score (nSPS) is 14.8. The molecular formula is C30H29N5O2. The number of carbonyl (C=O) groups is 1. The lowest BCUT2D eigenvalue weighted by Gasteiger charge is -2.37. The summed E-state index contributed by atoms with van der Waals surface area (Å²) >= 11 is 0. The van der Waals surface area contributed by atoms with Gasteiger partial charge in [-0.2, -0.15) is 5.26 Å². The summed E-state index contributed by atoms with van der Waals surface area (Å²) in [6, 6.07) is 25.6. The van der Waals surface area contributed by atoms with Crippen LogP contribution >= 0.6 is 0 Å². The molecule has 1 unspecified atom stereocenters. The van der Waals surface area contributed by atoms with Crippen LogP contribution in [-0.2, 0) is 17.8 Å². The van der Waals surface area contributed by atoms with Crippen molar-refractivity contribution in [3.8, 4) is 11.8 Å². The lowest BCUT2D eigenvalue weighted by atomic mass is 10.0. The molecular weight excluding hydrogens is 462 g/mol. The van der Waals surface area contributed by atoms with Crippen LogP contribution in [0.3, 0.4) is 0 Å². The Morgan fingerprint density at radius 1 is 1.00 bits per heavy atom. The summed E-state index contributed by atoms with van der Waals surface area (Å²) in [4.78, 5) is 25.9. The first-order chi connectivity index (χ1) is 18.1. The maximum absolute atomic E-state index is 12.9. The van der Waals surface area contributed by atoms with E-state index in [1.54, 1.807) is 6.20 Å². The zero-order valence-corrected chi connectivity index (χ0v) is 20.9. The van der Waals surface area contributed by atoms with Crippen molar-refractivity contribution >= 4 is 16.8 Å². The van der Waals surface area contributed by atoms with Crippen LogP contribution in [0, 0.1) is 18.3 Å². The van der Waals surface area contributed by atoms with E-state index in [1.807, 2.05) is 78.6 Å². The van der Waals surface area contributed by atoms with Gasteiger partial charge >= 0.3 is 0 Å². The number of nitrogens with zero attached hydrogens (tertiary/aromatic N) is 5. The number of hydrogen-bond acceptors (Lipinski definition) is 6. The number of rotatable bonds is 7. The maximum Gasteiger partial charge on any atom is 0.227 e. The van der Waals surface area contributed by atoms with Gasteiger partial charge in [0, 0.05) is 49.0 Å². The number of benzene rings is 2. The first kappa shape index (κ1) is 24.4. The third-order valence-corrected chi connectivity index (χ3v) is 6.82. The van der Waals surface area contributed by atoms with E-state index in [4.69, 9.17) is 4.74 Å². The molecule has 1 aliphatic heterocycles. The summed E-state index contributed by atoms with van der Waals surface area (Å²) in [7, 11) is 0. The molecule has 4 aromatic rings. The fraction of sp³-hybridized carbons (Fsp3) is 0.267. The van der Waals surface area contributed by atoms with Gasteiger partial charge in [0.05, 0.1) is 23.7 Å². The fourth-order valence-corrected chi connectivity index (χ4v) is 4.70. The van der Waals surface area contributed by atoms with Crippen LogP contribution in [0.15, 0.2) is 79.0 Å². The molecule has 5 rings (SSSR count). The summed E-state index contributed by atoms with van der Waals surface area (Å²) < 4.78 is 5.91. The first-order valence-corrected chi connectivity index (χ1v) is 12.5. The van der Waals surface area contributed by atoms with E-state index in [9.17, 15) is 10.1 Å². The van der Waals surface area contributed by atoms with E-state index in [2.05, 4.69) is 27.0 Å². The van der Waals surface area contributed by atoms with E-state index in [0.717, 1.165) is 39.2 Å². The summed E-state index contributed by atoms with van der Waals surface area (Å²) in [5, 5.41) is 10.9. The van der Waals surface area contributed by atoms with Crippen LogP contribution in [0.1, 0.15) is 28.6 Å². The van der Waals surface area contributed by atoms with Crippen molar-refractivity contribution < 1.29 is 9.53 Å². The molecule has 0 saturated carbocycles. The maximum atomic E-state index is 12.9. The molecule has 186 valence electrons. The second kappa shape index (κ2) is 11.2. The Hall–Kier alpha value is -4.28. The second-order valence-corrected chi connectivity index (χ2v) is 9.23. The van der Waals surface area contributed by atoms with E-state index >= 15 is 0 Å². The quantitative estimate of drug-likeness (QED) is 0.379. The van der Waals surface area contributed by atoms with Crippen molar-refractivity contribution in [2.45, 2.75) is 26.0 Å². The van der Waals surface area contributed by atoms with Crippen LogP contribution < -0.4 is 4.74 Å². The molecule has 0 radical (unpaired) electrons. The number of carbonyl (C=O) groups excluding carboxylic acids is 1. The molecule has 1 atom stereocenters. The van der Waals surface area contributed by atoms with Gasteiger partial charge < -0.3 is 9.64 Å². The van der Waals surface area contributed by atoms with E-state index < -0.39 is 0 Å². The molecule has 0 N–H and O–H groups in total. The molecule has 1 fully saturated rings. The highest BCUT2D eigenvalue weighted by Gasteiger charge is 2.28. The number of hydrogen-bond donors (Lipinski definition) is 0. The molecule has 2 aromatic heterocycles. The first-order valence-electron chi connectivity index (χ1n) is 12.5. The van der Waals surface area contributed by atoms with Crippen molar-refractivity contribution in [1.82, 2.24) is 19.8 Å². The minimum atomic E-state index is -0.344. The minimum Gasteiger partial charge on any atom is -0.487 e. The Balaban J connectivity index is 1.12. The standard InChI is InChI=1S/C30H29N5O2/c1-22-27(6-4-14-32-22)29(20-31)34-15-17-35(18-16-34)30(36)19-23-8-12-26(13-9-23)37-21-25-11-10-24-5-2-3-7-28(24)33-25/h2-14,29H,15-19,21H2,1H3. The molecule has 1 saturated heterocycles. The van der Waals surface area contributed by atoms with Crippen molar-refractivity contribution in [3.05, 3.63) is 102 Å². The Labute approximate surface area is 216 Å². The largest absolute Gasteiger partial charge is 0.487 e. The summed E-state index contributed by atoms with van der Waals surface area (Å²) in [5.74, 6) is 0.841. The molecule has 1 amide bonds.